The van der Waals surface area contributed by atoms with Crippen LogP contribution in [0, 0.1) is 5.92 Å². The SMILES string of the molecule is CN1CCC(NC(=O)N2C[C@@H]3CCCC[C@]32c2ccccc2)CC1. The Balaban J connectivity index is 1.51. The summed E-state index contributed by atoms with van der Waals surface area (Å²) in [6.07, 6.45) is 7.04. The van der Waals surface area contributed by atoms with E-state index in [1.165, 1.54) is 24.8 Å². The Morgan fingerprint density at radius 2 is 1.88 bits per heavy atom. The minimum absolute atomic E-state index is 0.0466. The van der Waals surface area contributed by atoms with E-state index in [4.69, 9.17) is 0 Å². The summed E-state index contributed by atoms with van der Waals surface area (Å²) in [6, 6.07) is 11.2. The summed E-state index contributed by atoms with van der Waals surface area (Å²) in [5.74, 6) is 0.636. The molecule has 2 atom stereocenters. The van der Waals surface area contributed by atoms with Gasteiger partial charge in [0.25, 0.3) is 0 Å². The van der Waals surface area contributed by atoms with E-state index >= 15 is 0 Å². The molecule has 0 aromatic heterocycles. The van der Waals surface area contributed by atoms with Crippen LogP contribution in [0.1, 0.15) is 44.1 Å². The van der Waals surface area contributed by atoms with Crippen molar-refractivity contribution in [1.82, 2.24) is 15.1 Å². The van der Waals surface area contributed by atoms with E-state index in [1.54, 1.807) is 0 Å². The lowest BCUT2D eigenvalue weighted by atomic mass is 9.62. The number of hydrogen-bond donors (Lipinski definition) is 1. The predicted molar refractivity (Wildman–Crippen MR) is 95.8 cm³/mol. The summed E-state index contributed by atoms with van der Waals surface area (Å²) in [7, 11) is 2.16. The van der Waals surface area contributed by atoms with Crippen molar-refractivity contribution >= 4 is 6.03 Å². The molecule has 3 aliphatic rings. The number of likely N-dealkylation sites (tertiary alicyclic amines) is 2. The molecule has 2 saturated heterocycles. The number of piperidine rings is 1. The van der Waals surface area contributed by atoms with Crippen LogP contribution in [0.2, 0.25) is 0 Å². The zero-order chi connectivity index (χ0) is 16.6. The zero-order valence-corrected chi connectivity index (χ0v) is 14.7. The first-order valence-electron chi connectivity index (χ1n) is 9.52. The third kappa shape index (κ3) is 2.61. The van der Waals surface area contributed by atoms with Crippen LogP contribution in [0.25, 0.3) is 0 Å². The Morgan fingerprint density at radius 3 is 2.58 bits per heavy atom. The molecule has 0 unspecified atom stereocenters. The highest BCUT2D eigenvalue weighted by Crippen LogP contribution is 2.53. The number of rotatable bonds is 2. The average molecular weight is 327 g/mol. The van der Waals surface area contributed by atoms with Crippen molar-refractivity contribution in [3.8, 4) is 0 Å². The van der Waals surface area contributed by atoms with E-state index in [9.17, 15) is 4.79 Å². The zero-order valence-electron chi connectivity index (χ0n) is 14.7. The molecule has 2 amide bonds. The van der Waals surface area contributed by atoms with E-state index in [1.807, 2.05) is 0 Å². The average Bonchev–Trinajstić information content (AvgIpc) is 2.59. The lowest BCUT2D eigenvalue weighted by Gasteiger charge is -2.61. The molecule has 4 nitrogen and oxygen atoms in total. The lowest BCUT2D eigenvalue weighted by molar-refractivity contribution is -0.0801. The monoisotopic (exact) mass is 327 g/mol. The third-order valence-electron chi connectivity index (χ3n) is 6.49. The topological polar surface area (TPSA) is 35.6 Å². The molecule has 0 bridgehead atoms. The van der Waals surface area contributed by atoms with Gasteiger partial charge in [0.1, 0.15) is 0 Å². The maximum Gasteiger partial charge on any atom is 0.318 e. The molecule has 24 heavy (non-hydrogen) atoms. The van der Waals surface area contributed by atoms with Crippen LogP contribution in [0.15, 0.2) is 30.3 Å². The molecular formula is C20H29N3O. The van der Waals surface area contributed by atoms with Gasteiger partial charge >= 0.3 is 6.03 Å². The van der Waals surface area contributed by atoms with E-state index in [-0.39, 0.29) is 11.6 Å². The molecule has 1 aromatic carbocycles. The molecular weight excluding hydrogens is 298 g/mol. The standard InChI is InChI=1S/C20H29N3O/c1-22-13-10-18(11-14-22)21-19(24)23-15-17-9-5-6-12-20(17,23)16-7-3-2-4-8-16/h2-4,7-8,17-18H,5-6,9-15H2,1H3,(H,21,24)/t17-,20-/m0/s1. The molecule has 2 heterocycles. The van der Waals surface area contributed by atoms with Crippen LogP contribution in [0.5, 0.6) is 0 Å². The summed E-state index contributed by atoms with van der Waals surface area (Å²) >= 11 is 0. The van der Waals surface area contributed by atoms with Gasteiger partial charge in [-0.05, 0) is 51.4 Å². The van der Waals surface area contributed by atoms with Gasteiger partial charge < -0.3 is 15.1 Å². The maximum atomic E-state index is 13.0. The van der Waals surface area contributed by atoms with Gasteiger partial charge in [0, 0.05) is 18.5 Å². The highest BCUT2D eigenvalue weighted by Gasteiger charge is 2.57. The van der Waals surface area contributed by atoms with Crippen molar-refractivity contribution in [3.05, 3.63) is 35.9 Å². The number of amides is 2. The molecule has 3 fully saturated rings. The Hall–Kier alpha value is -1.55. The van der Waals surface area contributed by atoms with Crippen LogP contribution < -0.4 is 5.32 Å². The predicted octanol–water partition coefficient (Wildman–Crippen LogP) is 3.19. The van der Waals surface area contributed by atoms with Crippen LogP contribution in [-0.2, 0) is 5.54 Å². The van der Waals surface area contributed by atoms with Crippen LogP contribution in [0.3, 0.4) is 0 Å². The molecule has 130 valence electrons. The maximum absolute atomic E-state index is 13.0. The molecule has 0 radical (unpaired) electrons. The molecule has 4 rings (SSSR count). The molecule has 2 aliphatic heterocycles. The number of benzene rings is 1. The molecule has 1 N–H and O–H groups in total. The van der Waals surface area contributed by atoms with Crippen molar-refractivity contribution in [1.29, 1.82) is 0 Å². The summed E-state index contributed by atoms with van der Waals surface area (Å²) in [6.45, 7) is 3.09. The first-order valence-corrected chi connectivity index (χ1v) is 9.52. The summed E-state index contributed by atoms with van der Waals surface area (Å²) in [5.41, 5.74) is 1.29. The normalized spacial score (nSPS) is 31.2. The quantitative estimate of drug-likeness (QED) is 0.905. The van der Waals surface area contributed by atoms with Crippen LogP contribution in [-0.4, -0.2) is 48.6 Å². The molecule has 0 spiro atoms. The van der Waals surface area contributed by atoms with Crippen molar-refractivity contribution in [3.63, 3.8) is 0 Å². The van der Waals surface area contributed by atoms with Gasteiger partial charge in [-0.3, -0.25) is 0 Å². The van der Waals surface area contributed by atoms with E-state index in [2.05, 4.69) is 52.5 Å². The number of urea groups is 1. The van der Waals surface area contributed by atoms with Gasteiger partial charge in [-0.1, -0.05) is 43.2 Å². The number of nitrogens with zero attached hydrogens (tertiary/aromatic N) is 2. The Bertz CT molecular complexity index is 582. The summed E-state index contributed by atoms with van der Waals surface area (Å²) in [5, 5.41) is 3.33. The van der Waals surface area contributed by atoms with E-state index < -0.39 is 0 Å². The first-order chi connectivity index (χ1) is 11.7. The van der Waals surface area contributed by atoms with E-state index in [0.29, 0.717) is 12.0 Å². The van der Waals surface area contributed by atoms with Crippen molar-refractivity contribution in [2.24, 2.45) is 5.92 Å². The van der Waals surface area contributed by atoms with Gasteiger partial charge in [0.2, 0.25) is 0 Å². The van der Waals surface area contributed by atoms with Crippen LogP contribution in [0.4, 0.5) is 4.79 Å². The fraction of sp³-hybridized carbons (Fsp3) is 0.650. The lowest BCUT2D eigenvalue weighted by Crippen LogP contribution is -2.70. The van der Waals surface area contributed by atoms with Gasteiger partial charge in [-0.15, -0.1) is 0 Å². The van der Waals surface area contributed by atoms with Gasteiger partial charge in [0.15, 0.2) is 0 Å². The first kappa shape index (κ1) is 15.9. The number of carbonyl (C=O) groups is 1. The fourth-order valence-corrected chi connectivity index (χ4v) is 5.03. The highest BCUT2D eigenvalue weighted by molar-refractivity contribution is 5.77. The number of fused-ring (bicyclic) bond motifs is 1. The summed E-state index contributed by atoms with van der Waals surface area (Å²) < 4.78 is 0. The van der Waals surface area contributed by atoms with Gasteiger partial charge in [0.05, 0.1) is 5.54 Å². The van der Waals surface area contributed by atoms with Crippen molar-refractivity contribution in [2.45, 2.75) is 50.1 Å². The second-order valence-corrected chi connectivity index (χ2v) is 7.87. The van der Waals surface area contributed by atoms with Crippen LogP contribution >= 0.6 is 0 Å². The van der Waals surface area contributed by atoms with Crippen molar-refractivity contribution in [2.75, 3.05) is 26.7 Å². The Morgan fingerprint density at radius 1 is 1.12 bits per heavy atom. The third-order valence-corrected chi connectivity index (χ3v) is 6.49. The largest absolute Gasteiger partial charge is 0.335 e. The van der Waals surface area contributed by atoms with Crippen molar-refractivity contribution < 1.29 is 4.79 Å². The second-order valence-electron chi connectivity index (χ2n) is 7.87. The summed E-state index contributed by atoms with van der Waals surface area (Å²) in [4.78, 5) is 17.5. The second kappa shape index (κ2) is 6.40. The smallest absolute Gasteiger partial charge is 0.318 e. The highest BCUT2D eigenvalue weighted by atomic mass is 16.2. The Kier molecular flexibility index (Phi) is 4.25. The Labute approximate surface area is 145 Å². The van der Waals surface area contributed by atoms with Gasteiger partial charge in [-0.25, -0.2) is 4.79 Å². The minimum Gasteiger partial charge on any atom is -0.335 e. The van der Waals surface area contributed by atoms with Gasteiger partial charge in [-0.2, -0.15) is 0 Å². The molecule has 4 heteroatoms. The molecule has 1 saturated carbocycles. The molecule has 1 aromatic rings. The number of carbonyl (C=O) groups excluding carboxylic acids is 1. The minimum atomic E-state index is -0.0466. The fourth-order valence-electron chi connectivity index (χ4n) is 5.03. The number of nitrogens with one attached hydrogen (secondary N) is 1. The van der Waals surface area contributed by atoms with E-state index in [0.717, 1.165) is 38.9 Å². The molecule has 1 aliphatic carbocycles. The number of hydrogen-bond acceptors (Lipinski definition) is 2.